The lowest BCUT2D eigenvalue weighted by molar-refractivity contribution is 0.0801. The number of pyridine rings is 1. The molecule has 0 aliphatic carbocycles. The van der Waals surface area contributed by atoms with Crippen LogP contribution in [0.4, 0.5) is 14.6 Å². The molecule has 1 atom stereocenters. The Morgan fingerprint density at radius 3 is 2.38 bits per heavy atom. The number of amides is 1. The summed E-state index contributed by atoms with van der Waals surface area (Å²) in [5.41, 5.74) is 7.07. The van der Waals surface area contributed by atoms with Crippen LogP contribution in [0.15, 0.2) is 36.0 Å². The van der Waals surface area contributed by atoms with E-state index in [1.165, 1.54) is 35.4 Å². The zero-order chi connectivity index (χ0) is 24.6. The minimum Gasteiger partial charge on any atom is -0.482 e. The highest BCUT2D eigenvalue weighted by molar-refractivity contribution is 5.96. The van der Waals surface area contributed by atoms with Crippen LogP contribution in [0.1, 0.15) is 76.1 Å². The molecule has 2 aromatic rings. The van der Waals surface area contributed by atoms with Crippen molar-refractivity contribution in [2.24, 2.45) is 5.92 Å². The van der Waals surface area contributed by atoms with Gasteiger partial charge in [-0.3, -0.25) is 4.79 Å². The maximum absolute atomic E-state index is 14.7. The van der Waals surface area contributed by atoms with Crippen molar-refractivity contribution in [2.75, 3.05) is 19.3 Å². The molecule has 0 spiro atoms. The van der Waals surface area contributed by atoms with Gasteiger partial charge in [0, 0.05) is 36.5 Å². The summed E-state index contributed by atoms with van der Waals surface area (Å²) in [7, 11) is 1.57. The normalized spacial score (nSPS) is 18.2. The molecule has 0 fully saturated rings. The molecule has 0 saturated carbocycles. The number of hydrogen-bond acceptors (Lipinski definition) is 4. The number of nitrogens with two attached hydrogens (primary N) is 1. The number of halogens is 2. The van der Waals surface area contributed by atoms with Gasteiger partial charge in [-0.1, -0.05) is 34.6 Å². The van der Waals surface area contributed by atoms with Gasteiger partial charge in [0.15, 0.2) is 11.6 Å². The third kappa shape index (κ3) is 7.04. The van der Waals surface area contributed by atoms with Gasteiger partial charge in [-0.05, 0) is 49.6 Å². The Hall–Kier alpha value is -2.96. The van der Waals surface area contributed by atoms with E-state index in [0.29, 0.717) is 11.1 Å². The molecular weight excluding hydrogens is 412 g/mol. The Labute approximate surface area is 190 Å². The van der Waals surface area contributed by atoms with Gasteiger partial charge in [0.1, 0.15) is 17.7 Å². The molecule has 1 aliphatic heterocycles. The van der Waals surface area contributed by atoms with Gasteiger partial charge in [0.05, 0.1) is 0 Å². The number of carbonyl (C=O) groups is 1. The average Bonchev–Trinajstić information content (AvgIpc) is 2.74. The Balaban J connectivity index is 0.000000769. The summed E-state index contributed by atoms with van der Waals surface area (Å²) in [6.07, 6.45) is 0.623. The number of aromatic nitrogens is 1. The van der Waals surface area contributed by atoms with E-state index in [4.69, 9.17) is 10.5 Å². The number of ether oxygens (including phenoxy) is 1. The van der Waals surface area contributed by atoms with Crippen molar-refractivity contribution in [1.82, 2.24) is 9.88 Å². The second kappa shape index (κ2) is 12.2. The van der Waals surface area contributed by atoms with Crippen LogP contribution in [0.25, 0.3) is 5.83 Å². The maximum atomic E-state index is 14.7. The standard InChI is InChI=1S/C19H19F2N3O2.C4H10.C2H6/c1-10-9-24(3)19(25)14-5-4-13(20)7-15(14)11(2)26-16-6-12(17(10)21)8-23-18(16)22;1-4(2)3;1-2/h4-8,11H,9H2,1-3H3,(H2,22,23);4H,1-3H3;1-2H3/b17-10+;;. The summed E-state index contributed by atoms with van der Waals surface area (Å²) in [5.74, 6) is -0.227. The van der Waals surface area contributed by atoms with E-state index >= 15 is 0 Å². The number of hydrogen-bond donors (Lipinski definition) is 1. The third-order valence-electron chi connectivity index (χ3n) is 4.32. The summed E-state index contributed by atoms with van der Waals surface area (Å²) in [6, 6.07) is 5.33. The highest BCUT2D eigenvalue weighted by Gasteiger charge is 2.24. The molecule has 7 heteroatoms. The fourth-order valence-electron chi connectivity index (χ4n) is 2.94. The van der Waals surface area contributed by atoms with E-state index in [-0.39, 0.29) is 35.1 Å². The van der Waals surface area contributed by atoms with Crippen LogP contribution in [-0.4, -0.2) is 29.4 Å². The van der Waals surface area contributed by atoms with Gasteiger partial charge in [0.25, 0.3) is 5.91 Å². The summed E-state index contributed by atoms with van der Waals surface area (Å²) in [6.45, 7) is 13.8. The maximum Gasteiger partial charge on any atom is 0.254 e. The van der Waals surface area contributed by atoms with E-state index in [9.17, 15) is 13.6 Å². The summed E-state index contributed by atoms with van der Waals surface area (Å²) >= 11 is 0. The minimum atomic E-state index is -0.690. The third-order valence-corrected chi connectivity index (χ3v) is 4.32. The lowest BCUT2D eigenvalue weighted by atomic mass is 10.0. The van der Waals surface area contributed by atoms with Crippen LogP contribution in [-0.2, 0) is 0 Å². The van der Waals surface area contributed by atoms with E-state index in [1.54, 1.807) is 20.9 Å². The van der Waals surface area contributed by atoms with Gasteiger partial charge < -0.3 is 15.4 Å². The molecule has 2 bridgehead atoms. The number of carbonyl (C=O) groups excluding carboxylic acids is 1. The van der Waals surface area contributed by atoms with Crippen LogP contribution in [0, 0.1) is 11.7 Å². The SMILES string of the molecule is C/C1=C(\F)c2cnc(N)c(c2)OC(C)c2cc(F)ccc2C(=O)N(C)C1.CC.CC(C)C. The van der Waals surface area contributed by atoms with Gasteiger partial charge in [-0.2, -0.15) is 0 Å². The predicted molar refractivity (Wildman–Crippen MR) is 127 cm³/mol. The van der Waals surface area contributed by atoms with E-state index in [2.05, 4.69) is 25.8 Å². The molecule has 1 aromatic heterocycles. The molecule has 2 heterocycles. The molecule has 2 N–H and O–H groups in total. The molecule has 1 aliphatic rings. The summed E-state index contributed by atoms with van der Waals surface area (Å²) < 4.78 is 34.3. The molecule has 1 unspecified atom stereocenters. The number of likely N-dealkylation sites (N-methyl/N-ethyl adjacent to an activating group) is 1. The van der Waals surface area contributed by atoms with Gasteiger partial charge in [-0.15, -0.1) is 0 Å². The smallest absolute Gasteiger partial charge is 0.254 e. The fourth-order valence-corrected chi connectivity index (χ4v) is 2.94. The van der Waals surface area contributed by atoms with Crippen molar-refractivity contribution in [2.45, 2.75) is 54.6 Å². The highest BCUT2D eigenvalue weighted by atomic mass is 19.1. The number of nitrogens with zero attached hydrogens (tertiary/aromatic N) is 2. The minimum absolute atomic E-state index is 0.0798. The highest BCUT2D eigenvalue weighted by Crippen LogP contribution is 2.32. The zero-order valence-electron chi connectivity index (χ0n) is 20.3. The van der Waals surface area contributed by atoms with E-state index in [0.717, 1.165) is 5.92 Å². The van der Waals surface area contributed by atoms with Gasteiger partial charge in [0.2, 0.25) is 0 Å². The van der Waals surface area contributed by atoms with Crippen LogP contribution in [0.5, 0.6) is 5.75 Å². The first-order valence-electron chi connectivity index (χ1n) is 10.8. The fraction of sp³-hybridized carbons (Fsp3) is 0.440. The number of anilines is 1. The van der Waals surface area contributed by atoms with Crippen molar-refractivity contribution in [1.29, 1.82) is 0 Å². The second-order valence-corrected chi connectivity index (χ2v) is 8.09. The second-order valence-electron chi connectivity index (χ2n) is 8.09. The van der Waals surface area contributed by atoms with Gasteiger partial charge >= 0.3 is 0 Å². The van der Waals surface area contributed by atoms with Crippen LogP contribution in [0.3, 0.4) is 0 Å². The molecule has 3 rings (SSSR count). The predicted octanol–water partition coefficient (Wildman–Crippen LogP) is 6.42. The molecule has 176 valence electrons. The topological polar surface area (TPSA) is 68.5 Å². The molecule has 1 amide bonds. The molecule has 0 saturated heterocycles. The summed E-state index contributed by atoms with van der Waals surface area (Å²) in [4.78, 5) is 18.2. The number of benzene rings is 1. The van der Waals surface area contributed by atoms with Crippen molar-refractivity contribution in [3.8, 4) is 5.75 Å². The zero-order valence-corrected chi connectivity index (χ0v) is 20.3. The largest absolute Gasteiger partial charge is 0.482 e. The monoisotopic (exact) mass is 447 g/mol. The number of nitrogen functional groups attached to an aromatic ring is 1. The number of fused-ring (bicyclic) bond motifs is 3. The lowest BCUT2D eigenvalue weighted by Gasteiger charge is -2.24. The summed E-state index contributed by atoms with van der Waals surface area (Å²) in [5, 5.41) is 0. The Bertz CT molecular complexity index is 955. The number of rotatable bonds is 0. The quantitative estimate of drug-likeness (QED) is 0.506. The van der Waals surface area contributed by atoms with Crippen molar-refractivity contribution < 1.29 is 18.3 Å². The van der Waals surface area contributed by atoms with Crippen molar-refractivity contribution in [3.63, 3.8) is 0 Å². The van der Waals surface area contributed by atoms with Crippen molar-refractivity contribution >= 4 is 17.6 Å². The Morgan fingerprint density at radius 1 is 1.19 bits per heavy atom. The van der Waals surface area contributed by atoms with Crippen LogP contribution < -0.4 is 10.5 Å². The molecular formula is C25H35F2N3O2. The lowest BCUT2D eigenvalue weighted by Crippen LogP contribution is -2.30. The molecule has 5 nitrogen and oxygen atoms in total. The van der Waals surface area contributed by atoms with Crippen molar-refractivity contribution in [3.05, 3.63) is 58.5 Å². The van der Waals surface area contributed by atoms with Gasteiger partial charge in [-0.25, -0.2) is 13.8 Å². The molecule has 1 aromatic carbocycles. The van der Waals surface area contributed by atoms with Crippen LogP contribution in [0.2, 0.25) is 0 Å². The van der Waals surface area contributed by atoms with Crippen LogP contribution >= 0.6 is 0 Å². The first-order valence-corrected chi connectivity index (χ1v) is 10.8. The molecule has 32 heavy (non-hydrogen) atoms. The Morgan fingerprint density at radius 2 is 1.78 bits per heavy atom. The average molecular weight is 448 g/mol. The first-order chi connectivity index (χ1) is 15.0. The van der Waals surface area contributed by atoms with E-state index < -0.39 is 17.7 Å². The first kappa shape index (κ1) is 27.1. The molecule has 0 radical (unpaired) electrons. The Kier molecular flexibility index (Phi) is 10.3. The van der Waals surface area contributed by atoms with E-state index in [1.807, 2.05) is 13.8 Å².